The van der Waals surface area contributed by atoms with Gasteiger partial charge in [-0.25, -0.2) is 13.4 Å². The molecule has 0 amide bonds. The third kappa shape index (κ3) is 4.99. The number of H-pyrrole nitrogens is 1. The van der Waals surface area contributed by atoms with Crippen molar-refractivity contribution in [3.63, 3.8) is 0 Å². The molecule has 0 aliphatic carbocycles. The number of anilines is 3. The van der Waals surface area contributed by atoms with Gasteiger partial charge in [-0.1, -0.05) is 48.5 Å². The summed E-state index contributed by atoms with van der Waals surface area (Å²) in [5.74, 6) is 1.28. The van der Waals surface area contributed by atoms with Gasteiger partial charge in [-0.15, -0.1) is 0 Å². The van der Waals surface area contributed by atoms with Crippen LogP contribution in [0.4, 0.5) is 17.3 Å². The molecule has 0 aliphatic heterocycles. The molecule has 0 fully saturated rings. The highest BCUT2D eigenvalue weighted by atomic mass is 32.2. The van der Waals surface area contributed by atoms with E-state index in [1.807, 2.05) is 54.6 Å². The Bertz CT molecular complexity index is 1170. The molecule has 0 saturated heterocycles. The Hall–Kier alpha value is -3.65. The average molecular weight is 405 g/mol. The molecular weight excluding hydrogens is 386 g/mol. The maximum atomic E-state index is 12.4. The largest absolute Gasteiger partial charge is 0.323 e. The molecule has 2 heterocycles. The molecular formula is C21H19N5O2S. The molecule has 0 bridgehead atoms. The van der Waals surface area contributed by atoms with E-state index in [1.54, 1.807) is 30.5 Å². The quantitative estimate of drug-likeness (QED) is 0.429. The Morgan fingerprint density at radius 2 is 1.62 bits per heavy atom. The lowest BCUT2D eigenvalue weighted by Crippen LogP contribution is -2.14. The van der Waals surface area contributed by atoms with Crippen molar-refractivity contribution >= 4 is 27.3 Å². The van der Waals surface area contributed by atoms with Crippen LogP contribution in [0.25, 0.3) is 11.3 Å². The van der Waals surface area contributed by atoms with E-state index in [2.05, 4.69) is 25.2 Å². The number of aromatic nitrogens is 3. The minimum absolute atomic E-state index is 0.0707. The Morgan fingerprint density at radius 3 is 2.34 bits per heavy atom. The highest BCUT2D eigenvalue weighted by molar-refractivity contribution is 7.91. The minimum atomic E-state index is -3.48. The topological polar surface area (TPSA) is 99.8 Å². The number of hydrogen-bond acceptors (Lipinski definition) is 5. The van der Waals surface area contributed by atoms with E-state index in [-0.39, 0.29) is 5.75 Å². The van der Waals surface area contributed by atoms with Crippen molar-refractivity contribution < 1.29 is 8.42 Å². The number of sulfonamides is 1. The van der Waals surface area contributed by atoms with Gasteiger partial charge in [0.15, 0.2) is 5.82 Å². The molecule has 4 rings (SSSR count). The van der Waals surface area contributed by atoms with Gasteiger partial charge in [0.05, 0.1) is 11.4 Å². The summed E-state index contributed by atoms with van der Waals surface area (Å²) in [5.41, 5.74) is 2.94. The van der Waals surface area contributed by atoms with Crippen molar-refractivity contribution in [1.29, 1.82) is 0 Å². The maximum absolute atomic E-state index is 12.4. The molecule has 8 heteroatoms. The normalized spacial score (nSPS) is 11.2. The van der Waals surface area contributed by atoms with Crippen molar-refractivity contribution in [3.05, 3.63) is 90.6 Å². The lowest BCUT2D eigenvalue weighted by molar-refractivity contribution is 0.600. The van der Waals surface area contributed by atoms with Crippen LogP contribution in [0.15, 0.2) is 85.1 Å². The Kier molecular flexibility index (Phi) is 5.26. The minimum Gasteiger partial charge on any atom is -0.323 e. The summed E-state index contributed by atoms with van der Waals surface area (Å²) in [5, 5.41) is 10.3. The molecule has 0 radical (unpaired) electrons. The smallest absolute Gasteiger partial charge is 0.236 e. The van der Waals surface area contributed by atoms with Crippen LogP contribution in [0, 0.1) is 0 Å². The van der Waals surface area contributed by atoms with Gasteiger partial charge in [0.25, 0.3) is 0 Å². The molecule has 146 valence electrons. The SMILES string of the molecule is O=S(=O)(Cc1ccccc1)Nc1ccc(-c2cc(Nc3ccccn3)n[nH]2)cc1. The number of benzene rings is 2. The van der Waals surface area contributed by atoms with Crippen LogP contribution in [-0.2, 0) is 15.8 Å². The first kappa shape index (κ1) is 18.7. The molecule has 3 N–H and O–H groups in total. The molecule has 0 spiro atoms. The van der Waals surface area contributed by atoms with Crippen LogP contribution in [-0.4, -0.2) is 23.6 Å². The van der Waals surface area contributed by atoms with Crippen LogP contribution < -0.4 is 10.0 Å². The molecule has 0 unspecified atom stereocenters. The standard InChI is InChI=1S/C21H19N5O2S/c27-29(28,15-16-6-2-1-3-7-16)26-18-11-9-17(10-12-18)19-14-21(25-24-19)23-20-8-4-5-13-22-20/h1-14,26H,15H2,(H2,22,23,24,25). The number of pyridine rings is 1. The zero-order valence-corrected chi connectivity index (χ0v) is 16.2. The van der Waals surface area contributed by atoms with Crippen molar-refractivity contribution in [1.82, 2.24) is 15.2 Å². The number of nitrogens with one attached hydrogen (secondary N) is 3. The first-order valence-corrected chi connectivity index (χ1v) is 10.6. The predicted molar refractivity (Wildman–Crippen MR) is 114 cm³/mol. The summed E-state index contributed by atoms with van der Waals surface area (Å²) < 4.78 is 27.3. The summed E-state index contributed by atoms with van der Waals surface area (Å²) >= 11 is 0. The van der Waals surface area contributed by atoms with Crippen LogP contribution in [0.3, 0.4) is 0 Å². The Labute approximate surface area is 168 Å². The maximum Gasteiger partial charge on any atom is 0.236 e. The van der Waals surface area contributed by atoms with Crippen molar-refractivity contribution in [2.45, 2.75) is 5.75 Å². The van der Waals surface area contributed by atoms with Gasteiger partial charge >= 0.3 is 0 Å². The van der Waals surface area contributed by atoms with E-state index >= 15 is 0 Å². The van der Waals surface area contributed by atoms with Gasteiger partial charge in [-0.2, -0.15) is 5.10 Å². The average Bonchev–Trinajstić information content (AvgIpc) is 3.18. The molecule has 0 aliphatic rings. The predicted octanol–water partition coefficient (Wildman–Crippen LogP) is 4.16. The lowest BCUT2D eigenvalue weighted by atomic mass is 10.1. The fourth-order valence-corrected chi connectivity index (χ4v) is 4.03. The van der Waals surface area contributed by atoms with E-state index in [9.17, 15) is 8.42 Å². The van der Waals surface area contributed by atoms with Crippen molar-refractivity contribution in [3.8, 4) is 11.3 Å². The fourth-order valence-electron chi connectivity index (χ4n) is 2.83. The lowest BCUT2D eigenvalue weighted by Gasteiger charge is -2.08. The number of nitrogens with zero attached hydrogens (tertiary/aromatic N) is 2. The summed E-state index contributed by atoms with van der Waals surface area (Å²) in [6.07, 6.45) is 1.70. The van der Waals surface area contributed by atoms with E-state index in [4.69, 9.17) is 0 Å². The fraction of sp³-hybridized carbons (Fsp3) is 0.0476. The second-order valence-corrected chi connectivity index (χ2v) is 8.15. The zero-order valence-electron chi connectivity index (χ0n) is 15.4. The van der Waals surface area contributed by atoms with Crippen molar-refractivity contribution in [2.24, 2.45) is 0 Å². The number of hydrogen-bond donors (Lipinski definition) is 3. The second kappa shape index (κ2) is 8.15. The van der Waals surface area contributed by atoms with Crippen LogP contribution in [0.5, 0.6) is 0 Å². The third-order valence-corrected chi connectivity index (χ3v) is 5.43. The summed E-state index contributed by atoms with van der Waals surface area (Å²) in [4.78, 5) is 4.20. The third-order valence-electron chi connectivity index (χ3n) is 4.17. The number of aromatic amines is 1. The monoisotopic (exact) mass is 405 g/mol. The van der Waals surface area contributed by atoms with Crippen LogP contribution >= 0.6 is 0 Å². The molecule has 2 aromatic carbocycles. The molecule has 0 saturated carbocycles. The molecule has 29 heavy (non-hydrogen) atoms. The summed E-state index contributed by atoms with van der Waals surface area (Å²) in [6, 6.07) is 23.6. The molecule has 7 nitrogen and oxygen atoms in total. The Balaban J connectivity index is 1.43. The molecule has 4 aromatic rings. The first-order chi connectivity index (χ1) is 14.1. The van der Waals surface area contributed by atoms with Crippen LogP contribution in [0.1, 0.15) is 5.56 Å². The summed E-state index contributed by atoms with van der Waals surface area (Å²) in [6.45, 7) is 0. The van der Waals surface area contributed by atoms with E-state index in [0.29, 0.717) is 17.3 Å². The van der Waals surface area contributed by atoms with Gasteiger partial charge < -0.3 is 5.32 Å². The van der Waals surface area contributed by atoms with Crippen molar-refractivity contribution in [2.75, 3.05) is 10.0 Å². The van der Waals surface area contributed by atoms with Gasteiger partial charge in [-0.05, 0) is 35.4 Å². The van der Waals surface area contributed by atoms with Gasteiger partial charge in [0, 0.05) is 18.0 Å². The van der Waals surface area contributed by atoms with E-state index in [1.165, 1.54) is 0 Å². The Morgan fingerprint density at radius 1 is 0.862 bits per heavy atom. The first-order valence-electron chi connectivity index (χ1n) is 8.96. The highest BCUT2D eigenvalue weighted by Crippen LogP contribution is 2.23. The second-order valence-electron chi connectivity index (χ2n) is 6.43. The van der Waals surface area contributed by atoms with E-state index < -0.39 is 10.0 Å². The van der Waals surface area contributed by atoms with Gasteiger partial charge in [-0.3, -0.25) is 9.82 Å². The van der Waals surface area contributed by atoms with Gasteiger partial charge in [0.1, 0.15) is 5.82 Å². The molecule has 2 aromatic heterocycles. The van der Waals surface area contributed by atoms with E-state index in [0.717, 1.165) is 16.8 Å². The summed E-state index contributed by atoms with van der Waals surface area (Å²) in [7, 11) is -3.48. The van der Waals surface area contributed by atoms with Crippen LogP contribution in [0.2, 0.25) is 0 Å². The van der Waals surface area contributed by atoms with Gasteiger partial charge in [0.2, 0.25) is 10.0 Å². The zero-order chi connectivity index (χ0) is 20.1. The molecule has 0 atom stereocenters. The highest BCUT2D eigenvalue weighted by Gasteiger charge is 2.12. The number of rotatable bonds is 7.